The van der Waals surface area contributed by atoms with Gasteiger partial charge in [0.25, 0.3) is 0 Å². The van der Waals surface area contributed by atoms with Gasteiger partial charge in [0.05, 0.1) is 12.2 Å². The number of anilines is 1. The van der Waals surface area contributed by atoms with Gasteiger partial charge in [-0.3, -0.25) is 4.98 Å². The molecule has 1 fully saturated rings. The molecule has 0 aliphatic carbocycles. The first kappa shape index (κ1) is 17.8. The largest absolute Gasteiger partial charge is 0.354 e. The zero-order chi connectivity index (χ0) is 17.9. The van der Waals surface area contributed by atoms with Crippen LogP contribution in [0, 0.1) is 0 Å². The second-order valence-electron chi connectivity index (χ2n) is 6.24. The smallest absolute Gasteiger partial charge is 0.244 e. The molecule has 8 heteroatoms. The third kappa shape index (κ3) is 4.15. The maximum absolute atomic E-state index is 12.7. The fraction of sp³-hybridized carbons (Fsp3) is 0.412. The monoisotopic (exact) mass is 361 g/mol. The van der Waals surface area contributed by atoms with Gasteiger partial charge in [0.1, 0.15) is 10.7 Å². The van der Waals surface area contributed by atoms with Crippen molar-refractivity contribution < 1.29 is 8.42 Å². The molecule has 25 heavy (non-hydrogen) atoms. The zero-order valence-corrected chi connectivity index (χ0v) is 15.4. The number of rotatable bonds is 5. The third-order valence-electron chi connectivity index (χ3n) is 4.34. The van der Waals surface area contributed by atoms with Crippen molar-refractivity contribution in [3.63, 3.8) is 0 Å². The fourth-order valence-electron chi connectivity index (χ4n) is 2.74. The molecule has 1 saturated heterocycles. The molecule has 134 valence electrons. The van der Waals surface area contributed by atoms with Crippen LogP contribution in [0.3, 0.4) is 0 Å². The minimum Gasteiger partial charge on any atom is -0.354 e. The highest BCUT2D eigenvalue weighted by atomic mass is 32.2. The van der Waals surface area contributed by atoms with Crippen molar-refractivity contribution in [3.8, 4) is 0 Å². The van der Waals surface area contributed by atoms with Crippen LogP contribution < -0.4 is 4.90 Å². The van der Waals surface area contributed by atoms with Crippen LogP contribution in [0.4, 0.5) is 5.82 Å². The normalized spacial score (nSPS) is 16.7. The van der Waals surface area contributed by atoms with E-state index in [4.69, 9.17) is 0 Å². The average molecular weight is 361 g/mol. The summed E-state index contributed by atoms with van der Waals surface area (Å²) in [5, 5.41) is 0. The number of sulfonamides is 1. The van der Waals surface area contributed by atoms with E-state index in [0.29, 0.717) is 25.5 Å². The van der Waals surface area contributed by atoms with Crippen LogP contribution in [0.2, 0.25) is 0 Å². The Labute approximate surface area is 149 Å². The molecule has 3 rings (SSSR count). The van der Waals surface area contributed by atoms with Gasteiger partial charge in [-0.2, -0.15) is 4.31 Å². The second-order valence-corrected chi connectivity index (χ2v) is 8.17. The van der Waals surface area contributed by atoms with Gasteiger partial charge in [-0.15, -0.1) is 0 Å². The zero-order valence-electron chi connectivity index (χ0n) is 14.5. The van der Waals surface area contributed by atoms with Gasteiger partial charge in [-0.1, -0.05) is 6.07 Å². The van der Waals surface area contributed by atoms with E-state index < -0.39 is 10.0 Å². The maximum Gasteiger partial charge on any atom is 0.244 e. The quantitative estimate of drug-likeness (QED) is 0.793. The highest BCUT2D eigenvalue weighted by molar-refractivity contribution is 7.89. The molecular weight excluding hydrogens is 338 g/mol. The molecule has 3 heterocycles. The van der Waals surface area contributed by atoms with Gasteiger partial charge in [-0.25, -0.2) is 13.4 Å². The topological polar surface area (TPSA) is 69.6 Å². The minimum atomic E-state index is -3.47. The van der Waals surface area contributed by atoms with Crippen molar-refractivity contribution >= 4 is 15.8 Å². The van der Waals surface area contributed by atoms with E-state index in [1.165, 1.54) is 10.5 Å². The van der Waals surface area contributed by atoms with Crippen molar-refractivity contribution in [2.75, 3.05) is 45.2 Å². The molecular formula is C17H23N5O2S. The van der Waals surface area contributed by atoms with E-state index in [2.05, 4.69) is 14.9 Å². The maximum atomic E-state index is 12.7. The number of nitrogens with zero attached hydrogens (tertiary/aromatic N) is 5. The number of hydrogen-bond donors (Lipinski definition) is 0. The van der Waals surface area contributed by atoms with Crippen LogP contribution in [0.15, 0.2) is 47.6 Å². The Morgan fingerprint density at radius 1 is 1.08 bits per heavy atom. The highest BCUT2D eigenvalue weighted by Crippen LogP contribution is 2.19. The summed E-state index contributed by atoms with van der Waals surface area (Å²) in [5.74, 6) is 0.711. The van der Waals surface area contributed by atoms with Gasteiger partial charge in [0.15, 0.2) is 0 Å². The summed E-state index contributed by atoms with van der Waals surface area (Å²) < 4.78 is 26.9. The molecule has 0 spiro atoms. The predicted molar refractivity (Wildman–Crippen MR) is 96.8 cm³/mol. The fourth-order valence-corrected chi connectivity index (χ4v) is 4.11. The number of aromatic nitrogens is 2. The van der Waals surface area contributed by atoms with Crippen LogP contribution in [-0.4, -0.2) is 67.9 Å². The lowest BCUT2D eigenvalue weighted by atomic mass is 10.3. The average Bonchev–Trinajstić information content (AvgIpc) is 2.63. The molecule has 1 aliphatic rings. The molecule has 0 N–H and O–H groups in total. The van der Waals surface area contributed by atoms with Crippen molar-refractivity contribution in [2.45, 2.75) is 11.4 Å². The first-order chi connectivity index (χ1) is 12.0. The van der Waals surface area contributed by atoms with Gasteiger partial charge < -0.3 is 9.80 Å². The third-order valence-corrected chi connectivity index (χ3v) is 6.22. The lowest BCUT2D eigenvalue weighted by Crippen LogP contribution is -2.47. The number of pyridine rings is 2. The Hall–Kier alpha value is -2.03. The summed E-state index contributed by atoms with van der Waals surface area (Å²) >= 11 is 0. The van der Waals surface area contributed by atoms with E-state index in [1.54, 1.807) is 18.3 Å². The molecule has 0 saturated carbocycles. The number of likely N-dealkylation sites (N-methyl/N-ethyl adjacent to an activating group) is 1. The second kappa shape index (κ2) is 7.47. The molecule has 0 aromatic carbocycles. The number of hydrogen-bond acceptors (Lipinski definition) is 6. The summed E-state index contributed by atoms with van der Waals surface area (Å²) in [7, 11) is 0.433. The minimum absolute atomic E-state index is 0.243. The standard InChI is InChI=1S/C17H23N5O2S/c1-20-9-11-22(12-10-20)25(23,24)16-6-7-17(19-13-16)21(2)14-15-5-3-4-8-18-15/h3-8,13H,9-12,14H2,1-2H3. The van der Waals surface area contributed by atoms with E-state index in [-0.39, 0.29) is 4.90 Å². The lowest BCUT2D eigenvalue weighted by molar-refractivity contribution is 0.222. The molecule has 0 atom stereocenters. The molecule has 0 radical (unpaired) electrons. The molecule has 0 amide bonds. The summed E-state index contributed by atoms with van der Waals surface area (Å²) in [5.41, 5.74) is 0.931. The van der Waals surface area contributed by atoms with E-state index in [9.17, 15) is 8.42 Å². The van der Waals surface area contributed by atoms with Crippen LogP contribution in [0.1, 0.15) is 5.69 Å². The van der Waals surface area contributed by atoms with E-state index in [0.717, 1.165) is 18.8 Å². The molecule has 2 aromatic heterocycles. The predicted octanol–water partition coefficient (Wildman–Crippen LogP) is 1.05. The van der Waals surface area contributed by atoms with Crippen LogP contribution in [0.25, 0.3) is 0 Å². The van der Waals surface area contributed by atoms with Gasteiger partial charge >= 0.3 is 0 Å². The first-order valence-corrected chi connectivity index (χ1v) is 9.66. The van der Waals surface area contributed by atoms with E-state index in [1.807, 2.05) is 37.2 Å². The van der Waals surface area contributed by atoms with Crippen molar-refractivity contribution in [1.82, 2.24) is 19.2 Å². The summed E-state index contributed by atoms with van der Waals surface area (Å²) in [6, 6.07) is 9.13. The van der Waals surface area contributed by atoms with Crippen molar-refractivity contribution in [2.24, 2.45) is 0 Å². The molecule has 0 unspecified atom stereocenters. The number of piperazine rings is 1. The Morgan fingerprint density at radius 3 is 2.44 bits per heavy atom. The van der Waals surface area contributed by atoms with Crippen LogP contribution >= 0.6 is 0 Å². The van der Waals surface area contributed by atoms with Gasteiger partial charge in [0.2, 0.25) is 10.0 Å². The summed E-state index contributed by atoms with van der Waals surface area (Å²) in [6.07, 6.45) is 3.19. The Bertz CT molecular complexity index is 788. The van der Waals surface area contributed by atoms with Crippen LogP contribution in [0.5, 0.6) is 0 Å². The lowest BCUT2D eigenvalue weighted by Gasteiger charge is -2.31. The molecule has 0 bridgehead atoms. The van der Waals surface area contributed by atoms with Gasteiger partial charge in [-0.05, 0) is 31.3 Å². The van der Waals surface area contributed by atoms with Crippen molar-refractivity contribution in [1.29, 1.82) is 0 Å². The van der Waals surface area contributed by atoms with Crippen molar-refractivity contribution in [3.05, 3.63) is 48.4 Å². The summed E-state index contributed by atoms with van der Waals surface area (Å²) in [4.78, 5) is 12.9. The first-order valence-electron chi connectivity index (χ1n) is 8.22. The van der Waals surface area contributed by atoms with E-state index >= 15 is 0 Å². The SMILES string of the molecule is CN1CCN(S(=O)(=O)c2ccc(N(C)Cc3ccccn3)nc2)CC1. The van der Waals surface area contributed by atoms with Gasteiger partial charge in [0, 0.05) is 45.6 Å². The summed E-state index contributed by atoms with van der Waals surface area (Å²) in [6.45, 7) is 3.13. The molecule has 1 aliphatic heterocycles. The highest BCUT2D eigenvalue weighted by Gasteiger charge is 2.27. The Morgan fingerprint density at radius 2 is 1.84 bits per heavy atom. The van der Waals surface area contributed by atoms with Crippen LogP contribution in [-0.2, 0) is 16.6 Å². The molecule has 2 aromatic rings. The Kier molecular flexibility index (Phi) is 5.31. The Balaban J connectivity index is 1.71. The molecule has 7 nitrogen and oxygen atoms in total.